The van der Waals surface area contributed by atoms with E-state index in [1.807, 2.05) is 0 Å². The summed E-state index contributed by atoms with van der Waals surface area (Å²) in [7, 11) is 1.49. The highest BCUT2D eigenvalue weighted by Crippen LogP contribution is 2.31. The first-order chi connectivity index (χ1) is 7.74. The molecule has 0 radical (unpaired) electrons. The first kappa shape index (κ1) is 10.4. The maximum Gasteiger partial charge on any atom is 0.185 e. The van der Waals surface area contributed by atoms with Crippen LogP contribution in [0.3, 0.4) is 0 Å². The molecule has 16 heavy (non-hydrogen) atoms. The van der Waals surface area contributed by atoms with Gasteiger partial charge in [0.1, 0.15) is 17.3 Å². The fourth-order valence-electron chi connectivity index (χ4n) is 1.43. The number of methoxy groups -OCH3 is 1. The van der Waals surface area contributed by atoms with Crippen molar-refractivity contribution in [2.75, 3.05) is 7.11 Å². The molecular formula is C12H9FO3. The molecule has 1 aromatic carbocycles. The molecule has 0 amide bonds. The van der Waals surface area contributed by atoms with Gasteiger partial charge in [0.25, 0.3) is 0 Å². The molecule has 0 bridgehead atoms. The third-order valence-electron chi connectivity index (χ3n) is 2.17. The minimum atomic E-state index is -0.389. The Labute approximate surface area is 91.5 Å². The third-order valence-corrected chi connectivity index (χ3v) is 2.17. The summed E-state index contributed by atoms with van der Waals surface area (Å²) in [4.78, 5) is 10.5. The largest absolute Gasteiger partial charge is 0.496 e. The lowest BCUT2D eigenvalue weighted by Gasteiger charge is -2.05. The van der Waals surface area contributed by atoms with E-state index >= 15 is 0 Å². The van der Waals surface area contributed by atoms with E-state index in [2.05, 4.69) is 0 Å². The molecule has 0 aliphatic carbocycles. The zero-order valence-corrected chi connectivity index (χ0v) is 8.57. The average Bonchev–Trinajstić information content (AvgIpc) is 2.77. The topological polar surface area (TPSA) is 39.4 Å². The Balaban J connectivity index is 2.53. The number of ether oxygens (including phenoxy) is 1. The Kier molecular flexibility index (Phi) is 2.72. The van der Waals surface area contributed by atoms with Crippen LogP contribution in [0.1, 0.15) is 10.6 Å². The fourth-order valence-corrected chi connectivity index (χ4v) is 1.43. The second kappa shape index (κ2) is 4.18. The molecule has 0 aliphatic rings. The number of furan rings is 1. The van der Waals surface area contributed by atoms with Crippen molar-refractivity contribution < 1.29 is 18.3 Å². The van der Waals surface area contributed by atoms with E-state index in [0.717, 1.165) is 0 Å². The summed E-state index contributed by atoms with van der Waals surface area (Å²) in [6.07, 6.45) is 0.593. The summed E-state index contributed by atoms with van der Waals surface area (Å²) in [5.74, 6) is 0.702. The first-order valence-electron chi connectivity index (χ1n) is 4.63. The molecule has 1 aromatic heterocycles. The molecule has 0 fully saturated rings. The van der Waals surface area contributed by atoms with E-state index in [4.69, 9.17) is 9.15 Å². The predicted molar refractivity (Wildman–Crippen MR) is 56.0 cm³/mol. The minimum absolute atomic E-state index is 0.196. The van der Waals surface area contributed by atoms with Gasteiger partial charge in [0, 0.05) is 0 Å². The van der Waals surface area contributed by atoms with Gasteiger partial charge in [0.2, 0.25) is 0 Å². The molecule has 1 heterocycles. The molecule has 0 saturated carbocycles. The minimum Gasteiger partial charge on any atom is -0.496 e. The van der Waals surface area contributed by atoms with E-state index in [1.165, 1.54) is 31.4 Å². The van der Waals surface area contributed by atoms with Crippen molar-refractivity contribution in [1.29, 1.82) is 0 Å². The van der Waals surface area contributed by atoms with Crippen molar-refractivity contribution in [3.05, 3.63) is 41.9 Å². The smallest absolute Gasteiger partial charge is 0.185 e. The normalized spacial score (nSPS) is 10.1. The molecular weight excluding hydrogens is 211 g/mol. The van der Waals surface area contributed by atoms with Crippen LogP contribution in [0.4, 0.5) is 4.39 Å². The molecule has 2 aromatic rings. The Hall–Kier alpha value is -2.10. The third kappa shape index (κ3) is 1.82. The van der Waals surface area contributed by atoms with Gasteiger partial charge in [0.15, 0.2) is 12.0 Å². The van der Waals surface area contributed by atoms with Crippen LogP contribution in [0.2, 0.25) is 0 Å². The lowest BCUT2D eigenvalue weighted by molar-refractivity contribution is 0.110. The zero-order valence-electron chi connectivity index (χ0n) is 8.57. The van der Waals surface area contributed by atoms with E-state index in [1.54, 1.807) is 6.07 Å². The molecule has 0 N–H and O–H groups in total. The molecule has 0 atom stereocenters. The molecule has 0 spiro atoms. The monoisotopic (exact) mass is 220 g/mol. The molecule has 0 saturated heterocycles. The second-order valence-electron chi connectivity index (χ2n) is 3.16. The molecule has 3 nitrogen and oxygen atoms in total. The Morgan fingerprint density at radius 1 is 1.31 bits per heavy atom. The van der Waals surface area contributed by atoms with Crippen molar-refractivity contribution in [3.63, 3.8) is 0 Å². The summed E-state index contributed by atoms with van der Waals surface area (Å²) < 4.78 is 23.4. The van der Waals surface area contributed by atoms with Gasteiger partial charge in [-0.3, -0.25) is 4.79 Å². The summed E-state index contributed by atoms with van der Waals surface area (Å²) in [6, 6.07) is 7.22. The number of carbonyl (C=O) groups excluding carboxylic acids is 1. The van der Waals surface area contributed by atoms with Crippen LogP contribution in [-0.4, -0.2) is 13.4 Å². The number of carbonyl (C=O) groups is 1. The van der Waals surface area contributed by atoms with E-state index in [9.17, 15) is 9.18 Å². The molecule has 2 rings (SSSR count). The highest BCUT2D eigenvalue weighted by atomic mass is 19.1. The molecule has 0 unspecified atom stereocenters. The summed E-state index contributed by atoms with van der Waals surface area (Å²) >= 11 is 0. The van der Waals surface area contributed by atoms with Crippen molar-refractivity contribution in [1.82, 2.24) is 0 Å². The second-order valence-corrected chi connectivity index (χ2v) is 3.16. The highest BCUT2D eigenvalue weighted by Gasteiger charge is 2.11. The van der Waals surface area contributed by atoms with Crippen LogP contribution in [0.15, 0.2) is 34.7 Å². The summed E-state index contributed by atoms with van der Waals surface area (Å²) in [5.41, 5.74) is 0.482. The number of benzene rings is 1. The average molecular weight is 220 g/mol. The van der Waals surface area contributed by atoms with Crippen molar-refractivity contribution in [2.24, 2.45) is 0 Å². The number of rotatable bonds is 3. The maximum absolute atomic E-state index is 13.1. The maximum atomic E-state index is 13.1. The lowest BCUT2D eigenvalue weighted by Crippen LogP contribution is -1.88. The molecule has 0 aliphatic heterocycles. The van der Waals surface area contributed by atoms with Crippen LogP contribution in [0.25, 0.3) is 11.3 Å². The summed E-state index contributed by atoms with van der Waals surface area (Å²) in [5, 5.41) is 0. The van der Waals surface area contributed by atoms with Gasteiger partial charge < -0.3 is 9.15 Å². The van der Waals surface area contributed by atoms with Gasteiger partial charge in [-0.05, 0) is 30.3 Å². The van der Waals surface area contributed by atoms with Gasteiger partial charge in [-0.15, -0.1) is 0 Å². The van der Waals surface area contributed by atoms with Crippen molar-refractivity contribution >= 4 is 6.29 Å². The van der Waals surface area contributed by atoms with Crippen LogP contribution in [0, 0.1) is 5.82 Å². The van der Waals surface area contributed by atoms with E-state index < -0.39 is 0 Å². The Bertz CT molecular complexity index is 517. The van der Waals surface area contributed by atoms with Gasteiger partial charge in [-0.1, -0.05) is 0 Å². The number of aldehydes is 1. The highest BCUT2D eigenvalue weighted by molar-refractivity contribution is 5.74. The number of halogens is 1. The van der Waals surface area contributed by atoms with Crippen LogP contribution < -0.4 is 4.74 Å². The van der Waals surface area contributed by atoms with Gasteiger partial charge in [0.05, 0.1) is 12.7 Å². The standard InChI is InChI=1S/C12H9FO3/c1-15-11-4-2-8(13)6-10(11)12-5-3-9(7-14)16-12/h2-7H,1H3. The fraction of sp³-hybridized carbons (Fsp3) is 0.0833. The van der Waals surface area contributed by atoms with Crippen LogP contribution in [0.5, 0.6) is 5.75 Å². The van der Waals surface area contributed by atoms with Gasteiger partial charge >= 0.3 is 0 Å². The quantitative estimate of drug-likeness (QED) is 0.746. The Morgan fingerprint density at radius 2 is 2.12 bits per heavy atom. The SMILES string of the molecule is COc1ccc(F)cc1-c1ccc(C=O)o1. The zero-order chi connectivity index (χ0) is 11.5. The number of hydrogen-bond donors (Lipinski definition) is 0. The van der Waals surface area contributed by atoms with Gasteiger partial charge in [-0.2, -0.15) is 0 Å². The Morgan fingerprint density at radius 3 is 2.75 bits per heavy atom. The van der Waals surface area contributed by atoms with Crippen LogP contribution in [-0.2, 0) is 0 Å². The van der Waals surface area contributed by atoms with Gasteiger partial charge in [-0.25, -0.2) is 4.39 Å². The van der Waals surface area contributed by atoms with Crippen molar-refractivity contribution in [3.8, 4) is 17.1 Å². The van der Waals surface area contributed by atoms with Crippen molar-refractivity contribution in [2.45, 2.75) is 0 Å². The first-order valence-corrected chi connectivity index (χ1v) is 4.63. The molecule has 82 valence electrons. The predicted octanol–water partition coefficient (Wildman–Crippen LogP) is 2.91. The van der Waals surface area contributed by atoms with E-state index in [-0.39, 0.29) is 11.6 Å². The number of hydrogen-bond acceptors (Lipinski definition) is 3. The van der Waals surface area contributed by atoms with E-state index in [0.29, 0.717) is 23.4 Å². The summed E-state index contributed by atoms with van der Waals surface area (Å²) in [6.45, 7) is 0. The van der Waals surface area contributed by atoms with Crippen LogP contribution >= 0.6 is 0 Å². The molecule has 4 heteroatoms. The lowest BCUT2D eigenvalue weighted by atomic mass is 10.1.